The molecule has 2 rings (SSSR count). The second-order valence-electron chi connectivity index (χ2n) is 4.60. The van der Waals surface area contributed by atoms with Gasteiger partial charge in [-0.05, 0) is 60.0 Å². The predicted octanol–water partition coefficient (Wildman–Crippen LogP) is 3.85. The van der Waals surface area contributed by atoms with Gasteiger partial charge in [0.05, 0.1) is 4.47 Å². The Morgan fingerprint density at radius 3 is 3.06 bits per heavy atom. The quantitative estimate of drug-likeness (QED) is 0.918. The average molecular weight is 301 g/mol. The molecule has 16 heavy (non-hydrogen) atoms. The van der Waals surface area contributed by atoms with Gasteiger partial charge in [-0.25, -0.2) is 4.98 Å². The van der Waals surface area contributed by atoms with Crippen LogP contribution < -0.4 is 5.32 Å². The van der Waals surface area contributed by atoms with Gasteiger partial charge in [0.2, 0.25) is 0 Å². The highest BCUT2D eigenvalue weighted by atomic mass is 79.9. The highest BCUT2D eigenvalue weighted by Crippen LogP contribution is 2.37. The maximum Gasteiger partial charge on any atom is 0.140 e. The molecule has 0 aliphatic carbocycles. The first-order valence-corrected chi connectivity index (χ1v) is 7.37. The van der Waals surface area contributed by atoms with Gasteiger partial charge in [-0.2, -0.15) is 11.8 Å². The summed E-state index contributed by atoms with van der Waals surface area (Å²) in [6.07, 6.45) is 4.54. The molecule has 1 fully saturated rings. The van der Waals surface area contributed by atoms with Gasteiger partial charge >= 0.3 is 0 Å². The van der Waals surface area contributed by atoms with Crippen molar-refractivity contribution in [3.05, 3.63) is 22.3 Å². The number of hydrogen-bond acceptors (Lipinski definition) is 3. The van der Waals surface area contributed by atoms with Crippen molar-refractivity contribution in [3.8, 4) is 0 Å². The molecular weight excluding hydrogens is 284 g/mol. The number of halogens is 1. The van der Waals surface area contributed by atoms with Crippen molar-refractivity contribution in [2.75, 3.05) is 17.6 Å². The Labute approximate surface area is 110 Å². The molecule has 2 heterocycles. The van der Waals surface area contributed by atoms with Crippen LogP contribution >= 0.6 is 27.7 Å². The van der Waals surface area contributed by atoms with E-state index in [9.17, 15) is 0 Å². The summed E-state index contributed by atoms with van der Waals surface area (Å²) >= 11 is 5.61. The molecule has 88 valence electrons. The van der Waals surface area contributed by atoms with Gasteiger partial charge in [0, 0.05) is 17.5 Å². The predicted molar refractivity (Wildman–Crippen MR) is 75.3 cm³/mol. The molecule has 1 aromatic rings. The van der Waals surface area contributed by atoms with Gasteiger partial charge < -0.3 is 5.32 Å². The first-order valence-electron chi connectivity index (χ1n) is 5.59. The van der Waals surface area contributed by atoms with E-state index in [1.807, 2.05) is 6.20 Å². The lowest BCUT2D eigenvalue weighted by Crippen LogP contribution is -2.27. The fraction of sp³-hybridized carbons (Fsp3) is 0.583. The maximum atomic E-state index is 4.40. The largest absolute Gasteiger partial charge is 0.368 e. The molecule has 1 aromatic heterocycles. The Kier molecular flexibility index (Phi) is 3.80. The third kappa shape index (κ3) is 2.92. The molecule has 1 unspecified atom stereocenters. The molecular formula is C12H17BrN2S. The second kappa shape index (κ2) is 4.96. The van der Waals surface area contributed by atoms with Crippen molar-refractivity contribution in [3.63, 3.8) is 0 Å². The molecule has 1 N–H and O–H groups in total. The number of aryl methyl sites for hydroxylation is 1. The van der Waals surface area contributed by atoms with Crippen LogP contribution in [-0.2, 0) is 0 Å². The fourth-order valence-corrected chi connectivity index (χ4v) is 3.76. The van der Waals surface area contributed by atoms with Crippen LogP contribution in [0, 0.1) is 6.92 Å². The summed E-state index contributed by atoms with van der Waals surface area (Å²) in [7, 11) is 0. The molecule has 2 nitrogen and oxygen atoms in total. The van der Waals surface area contributed by atoms with E-state index in [4.69, 9.17) is 0 Å². The lowest BCUT2D eigenvalue weighted by Gasteiger charge is -2.23. The molecule has 1 aliphatic rings. The van der Waals surface area contributed by atoms with Crippen molar-refractivity contribution in [2.24, 2.45) is 0 Å². The monoisotopic (exact) mass is 300 g/mol. The van der Waals surface area contributed by atoms with E-state index in [1.165, 1.54) is 24.2 Å². The minimum atomic E-state index is 0.381. The Bertz CT molecular complexity index is 375. The molecule has 0 bridgehead atoms. The maximum absolute atomic E-state index is 4.40. The summed E-state index contributed by atoms with van der Waals surface area (Å²) in [6, 6.07) is 2.10. The Hall–Kier alpha value is -0.220. The van der Waals surface area contributed by atoms with Gasteiger partial charge in [-0.15, -0.1) is 0 Å². The van der Waals surface area contributed by atoms with Crippen LogP contribution in [0.4, 0.5) is 5.82 Å². The zero-order valence-corrected chi connectivity index (χ0v) is 12.1. The SMILES string of the molecule is Cc1cnc(NCC2(C)CCCS2)c(Br)c1. The molecule has 1 aliphatic heterocycles. The lowest BCUT2D eigenvalue weighted by molar-refractivity contribution is 0.633. The second-order valence-corrected chi connectivity index (χ2v) is 7.14. The number of aromatic nitrogens is 1. The zero-order valence-electron chi connectivity index (χ0n) is 9.72. The highest BCUT2D eigenvalue weighted by molar-refractivity contribution is 9.10. The van der Waals surface area contributed by atoms with Gasteiger partial charge in [-0.1, -0.05) is 0 Å². The minimum Gasteiger partial charge on any atom is -0.368 e. The Morgan fingerprint density at radius 2 is 2.44 bits per heavy atom. The summed E-state index contributed by atoms with van der Waals surface area (Å²) in [4.78, 5) is 4.40. The molecule has 0 radical (unpaired) electrons. The van der Waals surface area contributed by atoms with Crippen LogP contribution in [0.1, 0.15) is 25.3 Å². The summed E-state index contributed by atoms with van der Waals surface area (Å²) in [5.41, 5.74) is 1.18. The molecule has 0 aromatic carbocycles. The number of thioether (sulfide) groups is 1. The van der Waals surface area contributed by atoms with Crippen LogP contribution in [0.2, 0.25) is 0 Å². The third-order valence-electron chi connectivity index (χ3n) is 2.91. The third-order valence-corrected chi connectivity index (χ3v) is 5.05. The van der Waals surface area contributed by atoms with Gasteiger partial charge in [0.15, 0.2) is 0 Å². The molecule has 0 spiro atoms. The number of pyridine rings is 1. The molecule has 0 saturated carbocycles. The Balaban J connectivity index is 1.99. The minimum absolute atomic E-state index is 0.381. The van der Waals surface area contributed by atoms with Crippen LogP contribution in [0.3, 0.4) is 0 Å². The topological polar surface area (TPSA) is 24.9 Å². The highest BCUT2D eigenvalue weighted by Gasteiger charge is 2.29. The molecule has 0 amide bonds. The standard InChI is InChI=1S/C12H17BrN2S/c1-9-6-10(13)11(14-7-9)15-8-12(2)4-3-5-16-12/h6-7H,3-5,8H2,1-2H3,(H,14,15). The molecule has 1 saturated heterocycles. The van der Waals surface area contributed by atoms with E-state index in [0.717, 1.165) is 16.8 Å². The van der Waals surface area contributed by atoms with Crippen molar-refractivity contribution in [1.29, 1.82) is 0 Å². The van der Waals surface area contributed by atoms with Crippen LogP contribution in [0.25, 0.3) is 0 Å². The van der Waals surface area contributed by atoms with Gasteiger partial charge in [0.1, 0.15) is 5.82 Å². The number of anilines is 1. The first kappa shape index (κ1) is 12.2. The van der Waals surface area contributed by atoms with Crippen LogP contribution in [0.5, 0.6) is 0 Å². The zero-order chi connectivity index (χ0) is 11.6. The van der Waals surface area contributed by atoms with E-state index in [-0.39, 0.29) is 0 Å². The summed E-state index contributed by atoms with van der Waals surface area (Å²) in [5.74, 6) is 2.25. The summed E-state index contributed by atoms with van der Waals surface area (Å²) < 4.78 is 1.44. The lowest BCUT2D eigenvalue weighted by atomic mass is 10.1. The summed E-state index contributed by atoms with van der Waals surface area (Å²) in [5, 5.41) is 3.44. The van der Waals surface area contributed by atoms with E-state index >= 15 is 0 Å². The normalized spacial score (nSPS) is 24.7. The smallest absolute Gasteiger partial charge is 0.140 e. The number of hydrogen-bond donors (Lipinski definition) is 1. The van der Waals surface area contributed by atoms with Crippen molar-refractivity contribution in [1.82, 2.24) is 4.98 Å². The first-order chi connectivity index (χ1) is 7.59. The number of rotatable bonds is 3. The molecule has 1 atom stereocenters. The van der Waals surface area contributed by atoms with Crippen LogP contribution in [0.15, 0.2) is 16.7 Å². The summed E-state index contributed by atoms with van der Waals surface area (Å²) in [6.45, 7) is 5.38. The number of nitrogens with zero attached hydrogens (tertiary/aromatic N) is 1. The fourth-order valence-electron chi connectivity index (χ4n) is 1.91. The van der Waals surface area contributed by atoms with Gasteiger partial charge in [0.25, 0.3) is 0 Å². The van der Waals surface area contributed by atoms with Gasteiger partial charge in [-0.3, -0.25) is 0 Å². The van der Waals surface area contributed by atoms with Crippen molar-refractivity contribution < 1.29 is 0 Å². The van der Waals surface area contributed by atoms with Crippen LogP contribution in [-0.4, -0.2) is 22.0 Å². The Morgan fingerprint density at radius 1 is 1.62 bits per heavy atom. The van der Waals surface area contributed by atoms with E-state index in [2.05, 4.69) is 57.9 Å². The molecule has 4 heteroatoms. The average Bonchev–Trinajstić information content (AvgIpc) is 2.64. The van der Waals surface area contributed by atoms with E-state index in [0.29, 0.717) is 4.75 Å². The van der Waals surface area contributed by atoms with E-state index < -0.39 is 0 Å². The van der Waals surface area contributed by atoms with Crippen molar-refractivity contribution >= 4 is 33.5 Å². The number of nitrogens with one attached hydrogen (secondary N) is 1. The van der Waals surface area contributed by atoms with E-state index in [1.54, 1.807) is 0 Å². The van der Waals surface area contributed by atoms with Crippen molar-refractivity contribution in [2.45, 2.75) is 31.4 Å².